The topological polar surface area (TPSA) is 114 Å². The molecule has 0 aliphatic rings. The highest BCUT2D eigenvalue weighted by Crippen LogP contribution is 2.17. The average Bonchev–Trinajstić information content (AvgIpc) is 3.09. The number of hydrogen-bond acceptors (Lipinski definition) is 7. The Balaban J connectivity index is 1.53. The normalized spacial score (nSPS) is 12.6. The van der Waals surface area contributed by atoms with Crippen LogP contribution in [-0.4, -0.2) is 53.9 Å². The van der Waals surface area contributed by atoms with Crippen molar-refractivity contribution in [2.75, 3.05) is 19.0 Å². The van der Waals surface area contributed by atoms with E-state index in [1.807, 2.05) is 84.9 Å². The van der Waals surface area contributed by atoms with Crippen LogP contribution >= 0.6 is 11.8 Å². The van der Waals surface area contributed by atoms with Gasteiger partial charge in [0.2, 0.25) is 11.8 Å². The molecule has 47 heavy (non-hydrogen) atoms. The minimum atomic E-state index is -0.675. The molecule has 2 amide bonds. The van der Waals surface area contributed by atoms with Gasteiger partial charge in [0.25, 0.3) is 0 Å². The molecule has 3 N–H and O–H groups in total. The highest BCUT2D eigenvalue weighted by atomic mass is 32.2. The Kier molecular flexibility index (Phi) is 16.9. The summed E-state index contributed by atoms with van der Waals surface area (Å²) in [6, 6.07) is 26.4. The molecule has 0 saturated heterocycles. The van der Waals surface area contributed by atoms with Crippen molar-refractivity contribution in [3.63, 3.8) is 0 Å². The summed E-state index contributed by atoms with van der Waals surface area (Å²) in [5.41, 5.74) is 3.15. The SMILES string of the molecule is C=CCCC(=O)OC[C@H](CSCc1ccccc1)NC(=O)[C@@H](CC=C)CC(=O)N[C@H](CO)Cc1ccc(OCc2ccccc2)cc1. The first-order chi connectivity index (χ1) is 22.9. The van der Waals surface area contributed by atoms with E-state index in [-0.39, 0.29) is 50.3 Å². The van der Waals surface area contributed by atoms with E-state index >= 15 is 0 Å². The summed E-state index contributed by atoms with van der Waals surface area (Å²) in [6.07, 6.45) is 4.62. The van der Waals surface area contributed by atoms with Crippen LogP contribution in [0.15, 0.2) is 110 Å². The van der Waals surface area contributed by atoms with Crippen molar-refractivity contribution < 1.29 is 29.0 Å². The molecule has 3 aromatic rings. The minimum absolute atomic E-state index is 0.0270. The Morgan fingerprint density at radius 1 is 0.830 bits per heavy atom. The number of benzene rings is 3. The fourth-order valence-electron chi connectivity index (χ4n) is 4.73. The Morgan fingerprint density at radius 2 is 1.51 bits per heavy atom. The van der Waals surface area contributed by atoms with E-state index in [1.165, 1.54) is 0 Å². The lowest BCUT2D eigenvalue weighted by molar-refractivity contribution is -0.145. The van der Waals surface area contributed by atoms with E-state index < -0.39 is 18.0 Å². The first-order valence-electron chi connectivity index (χ1n) is 15.9. The number of rotatable bonds is 22. The monoisotopic (exact) mass is 658 g/mol. The van der Waals surface area contributed by atoms with E-state index in [9.17, 15) is 19.5 Å². The third kappa shape index (κ3) is 14.7. The average molecular weight is 659 g/mol. The standard InChI is InChI=1S/C38H46N2O6S/c1-3-5-17-37(43)46-26-34(28-47-27-31-15-10-7-11-16-31)40-38(44)32(12-4-2)23-36(42)39-33(24-41)22-29-18-20-35(21-19-29)45-25-30-13-8-6-9-14-30/h3-4,6-11,13-16,18-21,32-34,41H,1-2,5,12,17,22-28H2,(H,39,42)(H,40,44)/t32-,33-,34+/m0/s1. The van der Waals surface area contributed by atoms with Gasteiger partial charge in [-0.05, 0) is 48.1 Å². The fraction of sp³-hybridized carbons (Fsp3) is 0.342. The van der Waals surface area contributed by atoms with Gasteiger partial charge in [0.15, 0.2) is 0 Å². The number of thioether (sulfide) groups is 1. The lowest BCUT2D eigenvalue weighted by Gasteiger charge is -2.23. The number of hydrogen-bond donors (Lipinski definition) is 3. The molecule has 0 fully saturated rings. The molecule has 0 heterocycles. The zero-order valence-electron chi connectivity index (χ0n) is 26.9. The number of carbonyl (C=O) groups excluding carboxylic acids is 3. The number of nitrogens with one attached hydrogen (secondary N) is 2. The van der Waals surface area contributed by atoms with Gasteiger partial charge in [-0.2, -0.15) is 11.8 Å². The number of carbonyl (C=O) groups is 3. The summed E-state index contributed by atoms with van der Waals surface area (Å²) in [7, 11) is 0. The number of aliphatic hydroxyl groups excluding tert-OH is 1. The Labute approximate surface area is 282 Å². The summed E-state index contributed by atoms with van der Waals surface area (Å²) >= 11 is 1.62. The van der Waals surface area contributed by atoms with Gasteiger partial charge >= 0.3 is 5.97 Å². The fourth-order valence-corrected chi connectivity index (χ4v) is 5.74. The predicted molar refractivity (Wildman–Crippen MR) is 188 cm³/mol. The molecule has 0 aromatic heterocycles. The van der Waals surface area contributed by atoms with Gasteiger partial charge in [0.1, 0.15) is 19.0 Å². The van der Waals surface area contributed by atoms with Gasteiger partial charge in [-0.25, -0.2) is 0 Å². The molecule has 0 saturated carbocycles. The Bertz CT molecular complexity index is 1380. The van der Waals surface area contributed by atoms with E-state index in [0.717, 1.165) is 28.2 Å². The molecule has 0 unspecified atom stereocenters. The first kappa shape index (κ1) is 37.1. The van der Waals surface area contributed by atoms with Crippen molar-refractivity contribution in [3.05, 3.63) is 127 Å². The van der Waals surface area contributed by atoms with Gasteiger partial charge in [0, 0.05) is 24.3 Å². The van der Waals surface area contributed by atoms with Crippen LogP contribution in [-0.2, 0) is 37.9 Å². The second kappa shape index (κ2) is 21.5. The zero-order chi connectivity index (χ0) is 33.7. The van der Waals surface area contributed by atoms with E-state index in [0.29, 0.717) is 25.2 Å². The summed E-state index contributed by atoms with van der Waals surface area (Å²) in [4.78, 5) is 38.6. The summed E-state index contributed by atoms with van der Waals surface area (Å²) < 4.78 is 11.3. The second-order valence-electron chi connectivity index (χ2n) is 11.2. The molecular formula is C38H46N2O6S. The molecular weight excluding hydrogens is 612 g/mol. The molecule has 0 aliphatic heterocycles. The van der Waals surface area contributed by atoms with Crippen molar-refractivity contribution in [2.45, 2.75) is 56.5 Å². The Morgan fingerprint density at radius 3 is 2.15 bits per heavy atom. The highest BCUT2D eigenvalue weighted by molar-refractivity contribution is 7.98. The number of ether oxygens (including phenoxy) is 2. The molecule has 0 radical (unpaired) electrons. The van der Waals surface area contributed by atoms with Crippen molar-refractivity contribution in [1.29, 1.82) is 0 Å². The molecule has 8 nitrogen and oxygen atoms in total. The smallest absolute Gasteiger partial charge is 0.306 e. The van der Waals surface area contributed by atoms with E-state index in [1.54, 1.807) is 23.9 Å². The van der Waals surface area contributed by atoms with Crippen molar-refractivity contribution in [2.24, 2.45) is 5.92 Å². The van der Waals surface area contributed by atoms with Gasteiger partial charge in [-0.3, -0.25) is 14.4 Å². The van der Waals surface area contributed by atoms with E-state index in [2.05, 4.69) is 23.8 Å². The summed E-state index contributed by atoms with van der Waals surface area (Å²) in [6.45, 7) is 7.63. The van der Waals surface area contributed by atoms with Gasteiger partial charge < -0.3 is 25.2 Å². The predicted octanol–water partition coefficient (Wildman–Crippen LogP) is 5.80. The van der Waals surface area contributed by atoms with Crippen LogP contribution in [0.3, 0.4) is 0 Å². The van der Waals surface area contributed by atoms with Crippen molar-refractivity contribution in [3.8, 4) is 5.75 Å². The number of allylic oxidation sites excluding steroid dienone is 2. The molecule has 3 rings (SSSR count). The molecule has 0 aliphatic carbocycles. The van der Waals surface area contributed by atoms with E-state index in [4.69, 9.17) is 9.47 Å². The number of amides is 2. The van der Waals surface area contributed by atoms with Crippen molar-refractivity contribution >= 4 is 29.5 Å². The molecule has 3 atom stereocenters. The van der Waals surface area contributed by atoms with Crippen molar-refractivity contribution in [1.82, 2.24) is 10.6 Å². The minimum Gasteiger partial charge on any atom is -0.489 e. The largest absolute Gasteiger partial charge is 0.489 e. The lowest BCUT2D eigenvalue weighted by atomic mass is 9.98. The second-order valence-corrected chi connectivity index (χ2v) is 12.2. The third-order valence-corrected chi connectivity index (χ3v) is 8.44. The third-order valence-electron chi connectivity index (χ3n) is 7.27. The molecule has 3 aromatic carbocycles. The van der Waals surface area contributed by atoms with Crippen LogP contribution < -0.4 is 15.4 Å². The van der Waals surface area contributed by atoms with Gasteiger partial charge in [-0.1, -0.05) is 84.9 Å². The Hall–Kier alpha value is -4.34. The van der Waals surface area contributed by atoms with Crippen LogP contribution in [0.25, 0.3) is 0 Å². The molecule has 0 bridgehead atoms. The van der Waals surface area contributed by atoms with Gasteiger partial charge in [-0.15, -0.1) is 13.2 Å². The maximum atomic E-state index is 13.4. The van der Waals surface area contributed by atoms with Crippen LogP contribution in [0, 0.1) is 5.92 Å². The summed E-state index contributed by atoms with van der Waals surface area (Å²) in [5, 5.41) is 15.9. The maximum Gasteiger partial charge on any atom is 0.306 e. The first-order valence-corrected chi connectivity index (χ1v) is 17.0. The quantitative estimate of drug-likeness (QED) is 0.0925. The van der Waals surface area contributed by atoms with Gasteiger partial charge in [0.05, 0.1) is 24.6 Å². The molecule has 0 spiro atoms. The summed E-state index contributed by atoms with van der Waals surface area (Å²) in [5.74, 6) is 0.282. The van der Waals surface area contributed by atoms with Crippen LogP contribution in [0.5, 0.6) is 5.75 Å². The van der Waals surface area contributed by atoms with Crippen LogP contribution in [0.4, 0.5) is 0 Å². The zero-order valence-corrected chi connectivity index (χ0v) is 27.7. The molecule has 250 valence electrons. The van der Waals surface area contributed by atoms with Crippen LogP contribution in [0.2, 0.25) is 0 Å². The van der Waals surface area contributed by atoms with Crippen LogP contribution in [0.1, 0.15) is 42.4 Å². The number of esters is 1. The molecule has 9 heteroatoms. The highest BCUT2D eigenvalue weighted by Gasteiger charge is 2.25. The number of aliphatic hydroxyl groups is 1. The lowest BCUT2D eigenvalue weighted by Crippen LogP contribution is -2.45. The maximum absolute atomic E-state index is 13.4.